The molecule has 0 amide bonds. The summed E-state index contributed by atoms with van der Waals surface area (Å²) in [5, 5.41) is 10.8. The van der Waals surface area contributed by atoms with Crippen LogP contribution in [0.4, 0.5) is 26.3 Å². The van der Waals surface area contributed by atoms with E-state index in [1.54, 1.807) is 31.2 Å². The number of ether oxygens (including phenoxy) is 4. The third kappa shape index (κ3) is 10.8. The molecule has 0 unspecified atom stereocenters. The van der Waals surface area contributed by atoms with E-state index in [1.165, 1.54) is 81.4 Å². The summed E-state index contributed by atoms with van der Waals surface area (Å²) in [4.78, 5) is 41.5. The zero-order chi connectivity index (χ0) is 48.9. The van der Waals surface area contributed by atoms with Crippen LogP contribution >= 0.6 is 23.2 Å². The highest BCUT2D eigenvalue weighted by Crippen LogP contribution is 2.53. The van der Waals surface area contributed by atoms with Crippen molar-refractivity contribution in [2.24, 2.45) is 0 Å². The van der Waals surface area contributed by atoms with Gasteiger partial charge in [-0.15, -0.1) is 0 Å². The van der Waals surface area contributed by atoms with E-state index in [1.807, 2.05) is 0 Å². The number of carbonyl (C=O) groups excluding carboxylic acids is 2. The Labute approximate surface area is 391 Å². The van der Waals surface area contributed by atoms with Gasteiger partial charge in [0.2, 0.25) is 5.60 Å². The maximum atomic E-state index is 15.7. The number of alkyl halides is 6. The van der Waals surface area contributed by atoms with Gasteiger partial charge in [-0.05, 0) is 91.6 Å². The molecule has 0 saturated heterocycles. The molecule has 0 aliphatic carbocycles. The molecule has 4 aromatic carbocycles. The summed E-state index contributed by atoms with van der Waals surface area (Å²) in [5.74, 6) is -4.79. The number of esters is 2. The lowest BCUT2D eigenvalue weighted by Crippen LogP contribution is -2.51. The first-order valence-corrected chi connectivity index (χ1v) is 21.2. The van der Waals surface area contributed by atoms with E-state index >= 15 is 13.2 Å². The van der Waals surface area contributed by atoms with Crippen molar-refractivity contribution >= 4 is 35.1 Å². The van der Waals surface area contributed by atoms with Crippen molar-refractivity contribution in [1.82, 2.24) is 19.9 Å². The van der Waals surface area contributed by atoms with Gasteiger partial charge in [-0.2, -0.15) is 26.3 Å². The van der Waals surface area contributed by atoms with Crippen molar-refractivity contribution in [2.75, 3.05) is 6.61 Å². The lowest BCUT2D eigenvalue weighted by Gasteiger charge is -2.39. The Kier molecular flexibility index (Phi) is 15.2. The number of halogens is 8. The number of hydrogen-bond donors (Lipinski definition) is 1. The molecule has 0 aliphatic heterocycles. The lowest BCUT2D eigenvalue weighted by molar-refractivity contribution is -0.276. The smallest absolute Gasteiger partial charge is 0.435 e. The van der Waals surface area contributed by atoms with E-state index in [-0.39, 0.29) is 58.1 Å². The molecule has 0 radical (unpaired) electrons. The summed E-state index contributed by atoms with van der Waals surface area (Å²) in [6.07, 6.45) is -6.46. The van der Waals surface area contributed by atoms with Crippen LogP contribution in [0.2, 0.25) is 10.0 Å². The molecule has 0 saturated carbocycles. The summed E-state index contributed by atoms with van der Waals surface area (Å²) in [5.41, 5.74) is -6.48. The molecule has 1 N–H and O–H groups in total. The fourth-order valence-corrected chi connectivity index (χ4v) is 7.83. The Balaban J connectivity index is 1.19. The minimum atomic E-state index is -5.27. The van der Waals surface area contributed by atoms with E-state index in [0.717, 1.165) is 31.7 Å². The van der Waals surface area contributed by atoms with Crippen LogP contribution in [-0.2, 0) is 33.9 Å². The number of carbonyl (C=O) groups is 2. The van der Waals surface area contributed by atoms with Crippen molar-refractivity contribution < 1.29 is 60.0 Å². The van der Waals surface area contributed by atoms with Crippen LogP contribution in [0.3, 0.4) is 0 Å². The van der Waals surface area contributed by atoms with Crippen molar-refractivity contribution in [3.63, 3.8) is 0 Å². The van der Waals surface area contributed by atoms with Gasteiger partial charge in [0.15, 0.2) is 0 Å². The molecular formula is C48H42Cl2F6N4O7. The molecule has 4 atom stereocenters. The van der Waals surface area contributed by atoms with E-state index < -0.39 is 58.7 Å². The van der Waals surface area contributed by atoms with E-state index in [0.29, 0.717) is 28.1 Å². The minimum Gasteiger partial charge on any atom is -0.489 e. The number of benzene rings is 4. The molecular weight excluding hydrogens is 929 g/mol. The molecule has 67 heavy (non-hydrogen) atoms. The van der Waals surface area contributed by atoms with E-state index in [9.17, 15) is 27.9 Å². The summed E-state index contributed by atoms with van der Waals surface area (Å²) in [6, 6.07) is 19.8. The number of aliphatic hydroxyl groups is 1. The second-order valence-corrected chi connectivity index (χ2v) is 16.3. The number of aromatic nitrogens is 4. The van der Waals surface area contributed by atoms with Crippen molar-refractivity contribution in [2.45, 2.75) is 83.2 Å². The second kappa shape index (κ2) is 20.3. The quantitative estimate of drug-likeness (QED) is 0.0731. The molecule has 2 heterocycles. The van der Waals surface area contributed by atoms with Crippen molar-refractivity contribution in [1.29, 1.82) is 0 Å². The zero-order valence-electron chi connectivity index (χ0n) is 36.4. The van der Waals surface area contributed by atoms with E-state index in [2.05, 4.69) is 19.9 Å². The van der Waals surface area contributed by atoms with Gasteiger partial charge in [0, 0.05) is 34.3 Å². The number of hydrogen-bond acceptors (Lipinski definition) is 11. The summed E-state index contributed by atoms with van der Waals surface area (Å²) < 4.78 is 112. The van der Waals surface area contributed by atoms with Crippen LogP contribution in [0.5, 0.6) is 11.5 Å². The largest absolute Gasteiger partial charge is 0.489 e. The first kappa shape index (κ1) is 50.1. The topological polar surface area (TPSA) is 143 Å². The Bertz CT molecular complexity index is 2690. The number of aryl methyl sites for hydroxylation is 2. The standard InChI is InChI=1S/C48H42Cl2F6N4O7/c1-6-64-43(61)33-11-7-31(8-12-33)25-66-36-16-18-38(40(50)20-36)30(5)46(48(54,55)56,42-24-58-28(3)22-60-42)67-44(62)34-13-9-32(10-14-34)26-65-35-15-17-37(39(49)19-35)29(4)45(63,47(51,52)53)41-23-57-27(2)21-59-41/h7-24,29-30,63H,6,25-26H2,1-5H3/t29-,30-,45-,46-/m1/s1. The maximum Gasteiger partial charge on any atom is 0.435 e. The van der Waals surface area contributed by atoms with Gasteiger partial charge in [-0.25, -0.2) is 9.59 Å². The summed E-state index contributed by atoms with van der Waals surface area (Å²) >= 11 is 13.1. The SMILES string of the molecule is CCOC(=O)c1ccc(COc2ccc([C@@H](C)[C@@](OC(=O)c3ccc(COc4ccc([C@@H](C)[C@@](O)(c5cnc(C)cn5)C(F)(F)F)c(Cl)c4)cc3)(c3cnc(C)cn3)C(F)(F)F)c(Cl)c2)cc1. The monoisotopic (exact) mass is 970 g/mol. The zero-order valence-corrected chi connectivity index (χ0v) is 37.9. The third-order valence-corrected chi connectivity index (χ3v) is 11.7. The Morgan fingerprint density at radius 2 is 1.06 bits per heavy atom. The lowest BCUT2D eigenvalue weighted by atomic mass is 9.80. The molecule has 0 aliphatic rings. The van der Waals surface area contributed by atoms with Gasteiger partial charge in [0.1, 0.15) is 36.1 Å². The van der Waals surface area contributed by atoms with Gasteiger partial charge in [-0.1, -0.05) is 73.4 Å². The van der Waals surface area contributed by atoms with Gasteiger partial charge < -0.3 is 24.1 Å². The fourth-order valence-electron chi connectivity index (χ4n) is 7.17. The average Bonchev–Trinajstić information content (AvgIpc) is 3.29. The van der Waals surface area contributed by atoms with Crippen LogP contribution in [0, 0.1) is 13.8 Å². The van der Waals surface area contributed by atoms with Gasteiger partial charge in [-0.3, -0.25) is 19.9 Å². The highest BCUT2D eigenvalue weighted by Gasteiger charge is 2.65. The molecule has 352 valence electrons. The van der Waals surface area contributed by atoms with Crippen LogP contribution < -0.4 is 9.47 Å². The molecule has 2 aromatic heterocycles. The first-order chi connectivity index (χ1) is 31.6. The molecule has 0 bridgehead atoms. The Hall–Kier alpha value is -6.30. The molecule has 19 heteroatoms. The third-order valence-electron chi connectivity index (χ3n) is 11.0. The summed E-state index contributed by atoms with van der Waals surface area (Å²) in [6.45, 7) is 7.21. The highest BCUT2D eigenvalue weighted by atomic mass is 35.5. The van der Waals surface area contributed by atoms with Crippen LogP contribution in [-0.4, -0.2) is 55.9 Å². The predicted molar refractivity (Wildman–Crippen MR) is 234 cm³/mol. The van der Waals surface area contributed by atoms with Crippen LogP contribution in [0.15, 0.2) is 110 Å². The molecule has 6 rings (SSSR count). The van der Waals surface area contributed by atoms with Gasteiger partial charge >= 0.3 is 24.3 Å². The second-order valence-electron chi connectivity index (χ2n) is 15.5. The van der Waals surface area contributed by atoms with Gasteiger partial charge in [0.25, 0.3) is 5.60 Å². The maximum absolute atomic E-state index is 15.7. The van der Waals surface area contributed by atoms with E-state index in [4.69, 9.17) is 42.1 Å². The first-order valence-electron chi connectivity index (χ1n) is 20.5. The molecule has 0 fully saturated rings. The molecule has 0 spiro atoms. The van der Waals surface area contributed by atoms with Crippen LogP contribution in [0.1, 0.15) is 98.4 Å². The Morgan fingerprint density at radius 1 is 0.612 bits per heavy atom. The van der Waals surface area contributed by atoms with Gasteiger partial charge in [0.05, 0.1) is 41.5 Å². The fraction of sp³-hybridized carbons (Fsp3) is 0.292. The highest BCUT2D eigenvalue weighted by molar-refractivity contribution is 6.32. The molecule has 11 nitrogen and oxygen atoms in total. The molecule has 6 aromatic rings. The summed E-state index contributed by atoms with van der Waals surface area (Å²) in [7, 11) is 0. The van der Waals surface area contributed by atoms with Crippen LogP contribution in [0.25, 0.3) is 0 Å². The average molecular weight is 972 g/mol. The van der Waals surface area contributed by atoms with Crippen molar-refractivity contribution in [3.05, 3.63) is 176 Å². The normalized spacial score (nSPS) is 14.5. The van der Waals surface area contributed by atoms with Crippen molar-refractivity contribution in [3.8, 4) is 11.5 Å². The minimum absolute atomic E-state index is 0.0371. The Morgan fingerprint density at radius 3 is 1.46 bits per heavy atom. The number of rotatable bonds is 16. The number of nitrogens with zero attached hydrogens (tertiary/aromatic N) is 4. The predicted octanol–water partition coefficient (Wildman–Crippen LogP) is 11.5.